The quantitative estimate of drug-likeness (QED) is 0.674. The van der Waals surface area contributed by atoms with Crippen LogP contribution >= 0.6 is 12.2 Å². The molecule has 4 N–H and O–H groups in total. The standard InChI is InChI=1S/C12H15FN2O2S/c13-8-2-1-7(9(3-8)12(14)18)4-15-5-10(16)11(17)6-15/h1-3,10-11,16-17H,4-6H2,(H2,14,18). The number of hydrogen-bond donors (Lipinski definition) is 3. The minimum Gasteiger partial charge on any atom is -0.389 e. The first-order valence-corrected chi connectivity index (χ1v) is 6.05. The van der Waals surface area contributed by atoms with Crippen molar-refractivity contribution in [2.75, 3.05) is 13.1 Å². The molecule has 1 heterocycles. The van der Waals surface area contributed by atoms with Gasteiger partial charge in [-0.25, -0.2) is 4.39 Å². The van der Waals surface area contributed by atoms with Crippen LogP contribution in [-0.4, -0.2) is 45.4 Å². The molecule has 1 aliphatic rings. The van der Waals surface area contributed by atoms with Gasteiger partial charge in [0, 0.05) is 25.2 Å². The van der Waals surface area contributed by atoms with Crippen molar-refractivity contribution in [3.05, 3.63) is 35.1 Å². The van der Waals surface area contributed by atoms with E-state index in [0.717, 1.165) is 5.56 Å². The third kappa shape index (κ3) is 2.84. The van der Waals surface area contributed by atoms with Crippen molar-refractivity contribution >= 4 is 17.2 Å². The summed E-state index contributed by atoms with van der Waals surface area (Å²) in [6.45, 7) is 1.24. The van der Waals surface area contributed by atoms with Crippen LogP contribution < -0.4 is 5.73 Å². The maximum Gasteiger partial charge on any atom is 0.123 e. The number of likely N-dealkylation sites (tertiary alicyclic amines) is 1. The second-order valence-corrected chi connectivity index (χ2v) is 4.93. The van der Waals surface area contributed by atoms with E-state index in [-0.39, 0.29) is 10.8 Å². The van der Waals surface area contributed by atoms with Crippen molar-refractivity contribution in [2.45, 2.75) is 18.8 Å². The molecule has 0 saturated carbocycles. The zero-order valence-corrected chi connectivity index (χ0v) is 10.5. The SMILES string of the molecule is NC(=S)c1cc(F)ccc1CN1CC(O)C(O)C1. The molecule has 6 heteroatoms. The van der Waals surface area contributed by atoms with Crippen LogP contribution in [0.15, 0.2) is 18.2 Å². The molecule has 98 valence electrons. The molecule has 1 aromatic rings. The molecule has 0 spiro atoms. The van der Waals surface area contributed by atoms with Crippen molar-refractivity contribution in [1.82, 2.24) is 4.90 Å². The van der Waals surface area contributed by atoms with Crippen molar-refractivity contribution in [3.63, 3.8) is 0 Å². The van der Waals surface area contributed by atoms with Crippen LogP contribution in [-0.2, 0) is 6.54 Å². The van der Waals surface area contributed by atoms with E-state index in [2.05, 4.69) is 0 Å². The Morgan fingerprint density at radius 3 is 2.56 bits per heavy atom. The maximum atomic E-state index is 13.1. The van der Waals surface area contributed by atoms with Crippen molar-refractivity contribution in [2.24, 2.45) is 5.73 Å². The topological polar surface area (TPSA) is 69.7 Å². The lowest BCUT2D eigenvalue weighted by atomic mass is 10.1. The number of nitrogens with two attached hydrogens (primary N) is 1. The minimum absolute atomic E-state index is 0.143. The molecule has 1 aliphatic heterocycles. The monoisotopic (exact) mass is 270 g/mol. The van der Waals surface area contributed by atoms with Crippen molar-refractivity contribution in [3.8, 4) is 0 Å². The van der Waals surface area contributed by atoms with E-state index < -0.39 is 12.2 Å². The van der Waals surface area contributed by atoms with Crippen LogP contribution in [0.25, 0.3) is 0 Å². The van der Waals surface area contributed by atoms with E-state index in [4.69, 9.17) is 18.0 Å². The molecule has 0 radical (unpaired) electrons. The van der Waals surface area contributed by atoms with Gasteiger partial charge in [0.15, 0.2) is 0 Å². The summed E-state index contributed by atoms with van der Waals surface area (Å²) in [5.41, 5.74) is 6.86. The van der Waals surface area contributed by atoms with Gasteiger partial charge >= 0.3 is 0 Å². The van der Waals surface area contributed by atoms with Crippen LogP contribution in [0.2, 0.25) is 0 Å². The van der Waals surface area contributed by atoms with Gasteiger partial charge in [0.1, 0.15) is 10.8 Å². The number of β-amino-alcohol motifs (C(OH)–C–C–N with tert-alkyl or cyclic N) is 2. The zero-order chi connectivity index (χ0) is 13.3. The summed E-state index contributed by atoms with van der Waals surface area (Å²) in [7, 11) is 0. The average molecular weight is 270 g/mol. The van der Waals surface area contributed by atoms with E-state index in [9.17, 15) is 14.6 Å². The summed E-state index contributed by atoms with van der Waals surface area (Å²) < 4.78 is 13.1. The van der Waals surface area contributed by atoms with Gasteiger partial charge in [-0.15, -0.1) is 0 Å². The number of aliphatic hydroxyl groups is 2. The molecule has 0 amide bonds. The lowest BCUT2D eigenvalue weighted by molar-refractivity contribution is 0.0572. The van der Waals surface area contributed by atoms with Crippen LogP contribution in [0.3, 0.4) is 0 Å². The van der Waals surface area contributed by atoms with Crippen LogP contribution in [0.1, 0.15) is 11.1 Å². The molecule has 18 heavy (non-hydrogen) atoms. The summed E-state index contributed by atoms with van der Waals surface area (Å²) in [6.07, 6.45) is -1.47. The van der Waals surface area contributed by atoms with Crippen LogP contribution in [0, 0.1) is 5.82 Å². The van der Waals surface area contributed by atoms with Crippen LogP contribution in [0.5, 0.6) is 0 Å². The first-order valence-electron chi connectivity index (χ1n) is 5.64. The van der Waals surface area contributed by atoms with Gasteiger partial charge in [0.25, 0.3) is 0 Å². The Labute approximate surface area is 110 Å². The third-order valence-electron chi connectivity index (χ3n) is 3.07. The summed E-state index contributed by atoms with van der Waals surface area (Å²) in [4.78, 5) is 2.02. The highest BCUT2D eigenvalue weighted by Crippen LogP contribution is 2.18. The fraction of sp³-hybridized carbons (Fsp3) is 0.417. The van der Waals surface area contributed by atoms with Gasteiger partial charge in [-0.05, 0) is 17.7 Å². The van der Waals surface area contributed by atoms with E-state index in [1.54, 1.807) is 6.07 Å². The highest BCUT2D eigenvalue weighted by Gasteiger charge is 2.29. The second kappa shape index (κ2) is 5.27. The maximum absolute atomic E-state index is 13.1. The number of benzene rings is 1. The van der Waals surface area contributed by atoms with Gasteiger partial charge in [-0.3, -0.25) is 4.90 Å². The molecule has 1 fully saturated rings. The Kier molecular flexibility index (Phi) is 3.91. The molecule has 4 nitrogen and oxygen atoms in total. The smallest absolute Gasteiger partial charge is 0.123 e. The lowest BCUT2D eigenvalue weighted by Gasteiger charge is -2.17. The Hall–Kier alpha value is -1.08. The summed E-state index contributed by atoms with van der Waals surface area (Å²) >= 11 is 4.89. The molecule has 0 aliphatic carbocycles. The Balaban J connectivity index is 2.17. The zero-order valence-electron chi connectivity index (χ0n) is 9.71. The molecule has 2 rings (SSSR count). The molecule has 1 saturated heterocycles. The van der Waals surface area contributed by atoms with Gasteiger partial charge in [0.05, 0.1) is 12.2 Å². The Morgan fingerprint density at radius 1 is 1.39 bits per heavy atom. The highest BCUT2D eigenvalue weighted by atomic mass is 32.1. The highest BCUT2D eigenvalue weighted by molar-refractivity contribution is 7.80. The lowest BCUT2D eigenvalue weighted by Crippen LogP contribution is -2.24. The first-order chi connectivity index (χ1) is 8.47. The molecule has 0 aromatic heterocycles. The number of hydrogen-bond acceptors (Lipinski definition) is 4. The minimum atomic E-state index is -0.737. The van der Waals surface area contributed by atoms with Crippen LogP contribution in [0.4, 0.5) is 4.39 Å². The van der Waals surface area contributed by atoms with Crippen molar-refractivity contribution < 1.29 is 14.6 Å². The van der Waals surface area contributed by atoms with E-state index in [1.807, 2.05) is 4.90 Å². The first kappa shape index (κ1) is 13.4. The second-order valence-electron chi connectivity index (χ2n) is 4.49. The summed E-state index contributed by atoms with van der Waals surface area (Å²) in [5.74, 6) is -0.386. The predicted molar refractivity (Wildman–Crippen MR) is 69.6 cm³/mol. The third-order valence-corrected chi connectivity index (χ3v) is 3.29. The van der Waals surface area contributed by atoms with E-state index in [1.165, 1.54) is 12.1 Å². The molecule has 2 atom stereocenters. The molecule has 2 unspecified atom stereocenters. The van der Waals surface area contributed by atoms with Crippen molar-refractivity contribution in [1.29, 1.82) is 0 Å². The summed E-state index contributed by atoms with van der Waals surface area (Å²) in [6, 6.07) is 4.28. The predicted octanol–water partition coefficient (Wildman–Crippen LogP) is -0.00270. The largest absolute Gasteiger partial charge is 0.389 e. The van der Waals surface area contributed by atoms with Gasteiger partial charge in [-0.1, -0.05) is 18.3 Å². The number of thiocarbonyl (C=S) groups is 1. The number of aliphatic hydroxyl groups excluding tert-OH is 2. The van der Waals surface area contributed by atoms with Gasteiger partial charge in [0.2, 0.25) is 0 Å². The number of rotatable bonds is 3. The average Bonchev–Trinajstić information content (AvgIpc) is 2.60. The fourth-order valence-corrected chi connectivity index (χ4v) is 2.32. The summed E-state index contributed by atoms with van der Waals surface area (Å²) in [5, 5.41) is 18.9. The molecule has 0 bridgehead atoms. The molecular formula is C12H15FN2O2S. The molecular weight excluding hydrogens is 255 g/mol. The molecule has 1 aromatic carbocycles. The van der Waals surface area contributed by atoms with E-state index in [0.29, 0.717) is 25.2 Å². The Bertz CT molecular complexity index is 459. The van der Waals surface area contributed by atoms with E-state index >= 15 is 0 Å². The normalized spacial score (nSPS) is 24.4. The Morgan fingerprint density at radius 2 is 2.00 bits per heavy atom. The van der Waals surface area contributed by atoms with Gasteiger partial charge in [-0.2, -0.15) is 0 Å². The van der Waals surface area contributed by atoms with Gasteiger partial charge < -0.3 is 15.9 Å². The number of halogens is 1. The number of nitrogens with zero attached hydrogens (tertiary/aromatic N) is 1. The fourth-order valence-electron chi connectivity index (χ4n) is 2.13.